The second-order valence-electron chi connectivity index (χ2n) is 2.03. The van der Waals surface area contributed by atoms with E-state index in [1.165, 1.54) is 0 Å². The number of Topliss-reactive ketones (excluding diaryl/α,β-unsaturated/α-hetero) is 1. The first-order valence-electron chi connectivity index (χ1n) is 3.00. The molecule has 0 aliphatic carbocycles. The molecule has 1 aromatic rings. The molecule has 0 saturated heterocycles. The average molecular weight is 185 g/mol. The van der Waals surface area contributed by atoms with Crippen LogP contribution in [0.15, 0.2) is 6.07 Å². The number of aromatic nitrogens is 2. The summed E-state index contributed by atoms with van der Waals surface area (Å²) in [5, 5.41) is 23.4. The Hall–Kier alpha value is -2.25. The van der Waals surface area contributed by atoms with E-state index in [1.54, 1.807) is 0 Å². The molecule has 68 valence electrons. The number of nitrogens with zero attached hydrogens (tertiary/aromatic N) is 2. The van der Waals surface area contributed by atoms with Crippen LogP contribution < -0.4 is 0 Å². The van der Waals surface area contributed by atoms with Crippen molar-refractivity contribution in [3.8, 4) is 0 Å². The maximum Gasteiger partial charge on any atom is 0.379 e. The number of carboxylic acids is 1. The summed E-state index contributed by atoms with van der Waals surface area (Å²) in [6.45, 7) is 0. The Labute approximate surface area is 70.3 Å². The first-order valence-corrected chi connectivity index (χ1v) is 3.00. The first kappa shape index (κ1) is 8.84. The summed E-state index contributed by atoms with van der Waals surface area (Å²) in [7, 11) is 0. The lowest BCUT2D eigenvalue weighted by Gasteiger charge is -1.84. The third-order valence-corrected chi connectivity index (χ3v) is 1.19. The van der Waals surface area contributed by atoms with Crippen LogP contribution in [0.2, 0.25) is 0 Å². The zero-order chi connectivity index (χ0) is 10.0. The van der Waals surface area contributed by atoms with Crippen molar-refractivity contribution in [2.75, 3.05) is 0 Å². The van der Waals surface area contributed by atoms with Gasteiger partial charge < -0.3 is 15.2 Å². The SMILES string of the molecule is O=C(O)C(=O)c1cc([N+](=O)[O-])[nH]n1. The topological polar surface area (TPSA) is 126 Å². The summed E-state index contributed by atoms with van der Waals surface area (Å²) in [5.74, 6) is -3.52. The number of carbonyl (C=O) groups is 2. The lowest BCUT2D eigenvalue weighted by atomic mass is 10.3. The molecule has 1 heterocycles. The molecule has 0 bridgehead atoms. The number of carboxylic acid groups (broad SMARTS) is 1. The minimum Gasteiger partial charge on any atom is -0.475 e. The number of rotatable bonds is 3. The molecule has 0 aromatic carbocycles. The Balaban J connectivity index is 2.99. The van der Waals surface area contributed by atoms with Crippen molar-refractivity contribution in [2.45, 2.75) is 0 Å². The Bertz CT molecular complexity index is 381. The normalized spacial score (nSPS) is 9.54. The molecule has 1 aromatic heterocycles. The molecule has 1 rings (SSSR count). The van der Waals surface area contributed by atoms with Gasteiger partial charge >= 0.3 is 11.8 Å². The molecule has 0 aliphatic heterocycles. The molecule has 0 unspecified atom stereocenters. The van der Waals surface area contributed by atoms with Gasteiger partial charge in [0.15, 0.2) is 5.69 Å². The van der Waals surface area contributed by atoms with E-state index in [0.717, 1.165) is 6.07 Å². The highest BCUT2D eigenvalue weighted by Crippen LogP contribution is 2.08. The van der Waals surface area contributed by atoms with E-state index in [2.05, 4.69) is 5.10 Å². The highest BCUT2D eigenvalue weighted by molar-refractivity contribution is 6.39. The molecule has 0 radical (unpaired) electrons. The Morgan fingerprint density at radius 3 is 2.62 bits per heavy atom. The molecule has 0 atom stereocenters. The van der Waals surface area contributed by atoms with Crippen LogP contribution in [0.3, 0.4) is 0 Å². The summed E-state index contributed by atoms with van der Waals surface area (Å²) in [6, 6.07) is 0.760. The summed E-state index contributed by atoms with van der Waals surface area (Å²) >= 11 is 0. The standard InChI is InChI=1S/C5H3N3O5/c9-4(5(10)11)2-1-3(7-6-2)8(12)13/h1H,(H,6,7)(H,10,11). The molecule has 0 amide bonds. The van der Waals surface area contributed by atoms with Crippen molar-refractivity contribution < 1.29 is 19.6 Å². The molecule has 8 heteroatoms. The van der Waals surface area contributed by atoms with Crippen LogP contribution >= 0.6 is 0 Å². The van der Waals surface area contributed by atoms with Gasteiger partial charge in [-0.2, -0.15) is 0 Å². The number of aliphatic carboxylic acids is 1. The summed E-state index contributed by atoms with van der Waals surface area (Å²) in [6.07, 6.45) is 0. The molecular weight excluding hydrogens is 182 g/mol. The first-order chi connectivity index (χ1) is 6.02. The molecule has 0 saturated carbocycles. The smallest absolute Gasteiger partial charge is 0.379 e. The van der Waals surface area contributed by atoms with Crippen LogP contribution in [0.1, 0.15) is 10.5 Å². The predicted octanol–water partition coefficient (Wildman–Crippen LogP) is -0.415. The third kappa shape index (κ3) is 1.67. The van der Waals surface area contributed by atoms with E-state index in [9.17, 15) is 19.7 Å². The van der Waals surface area contributed by atoms with Gasteiger partial charge in [0.25, 0.3) is 5.78 Å². The fourth-order valence-electron chi connectivity index (χ4n) is 0.631. The summed E-state index contributed by atoms with van der Waals surface area (Å²) in [4.78, 5) is 30.0. The number of nitro groups is 1. The van der Waals surface area contributed by atoms with Gasteiger partial charge in [-0.1, -0.05) is 5.10 Å². The van der Waals surface area contributed by atoms with Crippen LogP contribution in [0, 0.1) is 10.1 Å². The molecule has 0 spiro atoms. The fourth-order valence-corrected chi connectivity index (χ4v) is 0.631. The monoisotopic (exact) mass is 185 g/mol. The molecular formula is C5H3N3O5. The number of nitrogens with one attached hydrogen (secondary N) is 1. The van der Waals surface area contributed by atoms with Crippen molar-refractivity contribution in [1.29, 1.82) is 0 Å². The largest absolute Gasteiger partial charge is 0.475 e. The second kappa shape index (κ2) is 3.01. The maximum absolute atomic E-state index is 10.7. The zero-order valence-electron chi connectivity index (χ0n) is 6.05. The van der Waals surface area contributed by atoms with E-state index in [1.807, 2.05) is 5.10 Å². The van der Waals surface area contributed by atoms with Gasteiger partial charge in [-0.05, 0) is 4.92 Å². The molecule has 2 N–H and O–H groups in total. The Morgan fingerprint density at radius 2 is 2.23 bits per heavy atom. The van der Waals surface area contributed by atoms with Crippen LogP contribution in [-0.4, -0.2) is 32.0 Å². The molecule has 0 aliphatic rings. The van der Waals surface area contributed by atoms with E-state index in [4.69, 9.17) is 5.11 Å². The van der Waals surface area contributed by atoms with Gasteiger partial charge in [0.05, 0.1) is 6.07 Å². The molecule has 13 heavy (non-hydrogen) atoms. The van der Waals surface area contributed by atoms with Gasteiger partial charge in [-0.15, -0.1) is 5.10 Å². The lowest BCUT2D eigenvalue weighted by molar-refractivity contribution is -0.389. The van der Waals surface area contributed by atoms with Gasteiger partial charge in [-0.3, -0.25) is 4.79 Å². The summed E-state index contributed by atoms with van der Waals surface area (Å²) < 4.78 is 0. The van der Waals surface area contributed by atoms with Crippen molar-refractivity contribution in [3.63, 3.8) is 0 Å². The van der Waals surface area contributed by atoms with Crippen molar-refractivity contribution in [1.82, 2.24) is 10.2 Å². The van der Waals surface area contributed by atoms with E-state index in [-0.39, 0.29) is 0 Å². The van der Waals surface area contributed by atoms with Gasteiger partial charge in [-0.25, -0.2) is 4.79 Å². The number of aromatic amines is 1. The van der Waals surface area contributed by atoms with Crippen LogP contribution in [0.25, 0.3) is 0 Å². The number of hydrogen-bond acceptors (Lipinski definition) is 5. The molecule has 0 fully saturated rings. The number of hydrogen-bond donors (Lipinski definition) is 2. The quantitative estimate of drug-likeness (QED) is 0.285. The summed E-state index contributed by atoms with van der Waals surface area (Å²) in [5.41, 5.74) is -0.487. The van der Waals surface area contributed by atoms with Crippen LogP contribution in [0.5, 0.6) is 0 Å². The van der Waals surface area contributed by atoms with Crippen LogP contribution in [-0.2, 0) is 4.79 Å². The highest BCUT2D eigenvalue weighted by atomic mass is 16.6. The van der Waals surface area contributed by atoms with Crippen molar-refractivity contribution >= 4 is 17.6 Å². The number of ketones is 1. The van der Waals surface area contributed by atoms with E-state index < -0.39 is 28.2 Å². The number of H-pyrrole nitrogens is 1. The fraction of sp³-hybridized carbons (Fsp3) is 0. The predicted molar refractivity (Wildman–Crippen MR) is 37.2 cm³/mol. The minimum absolute atomic E-state index is 0.487. The highest BCUT2D eigenvalue weighted by Gasteiger charge is 2.21. The Morgan fingerprint density at radius 1 is 1.62 bits per heavy atom. The van der Waals surface area contributed by atoms with Crippen molar-refractivity contribution in [2.24, 2.45) is 0 Å². The number of carbonyl (C=O) groups excluding carboxylic acids is 1. The van der Waals surface area contributed by atoms with E-state index in [0.29, 0.717) is 0 Å². The lowest BCUT2D eigenvalue weighted by Crippen LogP contribution is -2.12. The third-order valence-electron chi connectivity index (χ3n) is 1.19. The molecule has 8 nitrogen and oxygen atoms in total. The maximum atomic E-state index is 10.7. The Kier molecular flexibility index (Phi) is 2.05. The zero-order valence-corrected chi connectivity index (χ0v) is 6.05. The average Bonchev–Trinajstić information content (AvgIpc) is 2.50. The van der Waals surface area contributed by atoms with Gasteiger partial charge in [0, 0.05) is 0 Å². The van der Waals surface area contributed by atoms with E-state index >= 15 is 0 Å². The second-order valence-corrected chi connectivity index (χ2v) is 2.03. The minimum atomic E-state index is -1.71. The van der Waals surface area contributed by atoms with Crippen molar-refractivity contribution in [3.05, 3.63) is 21.9 Å². The van der Waals surface area contributed by atoms with Gasteiger partial charge in [0.1, 0.15) is 0 Å². The van der Waals surface area contributed by atoms with Crippen LogP contribution in [0.4, 0.5) is 5.82 Å². The van der Waals surface area contributed by atoms with Gasteiger partial charge in [0.2, 0.25) is 0 Å².